The third-order valence-electron chi connectivity index (χ3n) is 5.67. The number of nitrogens with one attached hydrogen (secondary N) is 1. The first kappa shape index (κ1) is 16.5. The molecule has 2 N–H and O–H groups in total. The lowest BCUT2D eigenvalue weighted by Crippen LogP contribution is -2.45. The number of amides is 1. The van der Waals surface area contributed by atoms with Gasteiger partial charge in [-0.1, -0.05) is 44.2 Å². The van der Waals surface area contributed by atoms with Crippen molar-refractivity contribution in [2.75, 3.05) is 0 Å². The third-order valence-corrected chi connectivity index (χ3v) is 5.67. The summed E-state index contributed by atoms with van der Waals surface area (Å²) in [6.07, 6.45) is 1.15. The van der Waals surface area contributed by atoms with E-state index in [1.807, 2.05) is 51.1 Å². The van der Waals surface area contributed by atoms with Crippen LogP contribution in [0, 0.1) is 16.7 Å². The molecule has 0 heterocycles. The monoisotopic (exact) mass is 303 g/mol. The highest BCUT2D eigenvalue weighted by atomic mass is 16.4. The maximum absolute atomic E-state index is 12.7. The van der Waals surface area contributed by atoms with Crippen LogP contribution in [0.15, 0.2) is 30.3 Å². The van der Waals surface area contributed by atoms with E-state index < -0.39 is 16.8 Å². The summed E-state index contributed by atoms with van der Waals surface area (Å²) in [6, 6.07) is 9.70. The number of carboxylic acid groups (broad SMARTS) is 1. The largest absolute Gasteiger partial charge is 0.481 e. The molecule has 1 amide bonds. The molecule has 120 valence electrons. The summed E-state index contributed by atoms with van der Waals surface area (Å²) in [4.78, 5) is 24.3. The Kier molecular flexibility index (Phi) is 4.32. The van der Waals surface area contributed by atoms with E-state index in [1.165, 1.54) is 0 Å². The van der Waals surface area contributed by atoms with Gasteiger partial charge in [0.15, 0.2) is 0 Å². The Balaban J connectivity index is 2.13. The molecule has 0 saturated heterocycles. The van der Waals surface area contributed by atoms with Gasteiger partial charge in [-0.2, -0.15) is 0 Å². The SMILES string of the molecule is C[C@@H](NC(=O)[C@@H]1CC[C@](C)(C(=O)O)C1(C)C)c1ccccc1. The van der Waals surface area contributed by atoms with Crippen LogP contribution < -0.4 is 5.32 Å². The zero-order valence-corrected chi connectivity index (χ0v) is 13.7. The molecular formula is C18H25NO3. The second-order valence-electron chi connectivity index (χ2n) is 7.09. The van der Waals surface area contributed by atoms with Crippen LogP contribution >= 0.6 is 0 Å². The van der Waals surface area contributed by atoms with Gasteiger partial charge in [0.2, 0.25) is 5.91 Å². The Morgan fingerprint density at radius 2 is 1.82 bits per heavy atom. The molecule has 1 aromatic rings. The average Bonchev–Trinajstić information content (AvgIpc) is 2.71. The van der Waals surface area contributed by atoms with Crippen LogP contribution in [-0.4, -0.2) is 17.0 Å². The molecule has 4 nitrogen and oxygen atoms in total. The lowest BCUT2D eigenvalue weighted by Gasteiger charge is -2.38. The summed E-state index contributed by atoms with van der Waals surface area (Å²) in [5.74, 6) is -1.14. The highest BCUT2D eigenvalue weighted by molar-refractivity contribution is 5.84. The maximum Gasteiger partial charge on any atom is 0.309 e. The van der Waals surface area contributed by atoms with Crippen LogP contribution in [0.4, 0.5) is 0 Å². The fourth-order valence-electron chi connectivity index (χ4n) is 3.48. The smallest absolute Gasteiger partial charge is 0.309 e. The Bertz CT molecular complexity index is 567. The van der Waals surface area contributed by atoms with Gasteiger partial charge in [0, 0.05) is 5.92 Å². The zero-order valence-electron chi connectivity index (χ0n) is 13.7. The molecule has 0 unspecified atom stereocenters. The summed E-state index contributed by atoms with van der Waals surface area (Å²) in [6.45, 7) is 7.49. The average molecular weight is 303 g/mol. The van der Waals surface area contributed by atoms with E-state index in [-0.39, 0.29) is 17.9 Å². The van der Waals surface area contributed by atoms with E-state index in [0.29, 0.717) is 12.8 Å². The number of carboxylic acids is 1. The molecule has 22 heavy (non-hydrogen) atoms. The number of carbonyl (C=O) groups excluding carboxylic acids is 1. The molecule has 4 heteroatoms. The molecule has 2 rings (SSSR count). The van der Waals surface area contributed by atoms with Crippen LogP contribution in [0.2, 0.25) is 0 Å². The second-order valence-corrected chi connectivity index (χ2v) is 7.09. The number of aliphatic carboxylic acids is 1. The lowest BCUT2D eigenvalue weighted by atomic mass is 9.65. The predicted octanol–water partition coefficient (Wildman–Crippen LogP) is 3.39. The quantitative estimate of drug-likeness (QED) is 0.896. The summed E-state index contributed by atoms with van der Waals surface area (Å²) >= 11 is 0. The molecule has 0 aromatic heterocycles. The molecule has 1 aliphatic rings. The number of carbonyl (C=O) groups is 2. The predicted molar refractivity (Wildman–Crippen MR) is 85.2 cm³/mol. The Labute approximate surface area is 131 Å². The zero-order chi connectivity index (χ0) is 16.5. The van der Waals surface area contributed by atoms with Crippen molar-refractivity contribution >= 4 is 11.9 Å². The molecule has 0 aliphatic heterocycles. The first-order chi connectivity index (χ1) is 10.2. The van der Waals surface area contributed by atoms with Gasteiger partial charge >= 0.3 is 5.97 Å². The van der Waals surface area contributed by atoms with Crippen molar-refractivity contribution in [3.05, 3.63) is 35.9 Å². The Morgan fingerprint density at radius 3 is 2.32 bits per heavy atom. The summed E-state index contributed by atoms with van der Waals surface area (Å²) in [5.41, 5.74) is -0.378. The Morgan fingerprint density at radius 1 is 1.23 bits per heavy atom. The molecule has 3 atom stereocenters. The number of hydrogen-bond acceptors (Lipinski definition) is 2. The minimum atomic E-state index is -0.856. The van der Waals surface area contributed by atoms with Gasteiger partial charge in [-0.3, -0.25) is 9.59 Å². The van der Waals surface area contributed by atoms with Crippen LogP contribution in [0.5, 0.6) is 0 Å². The number of rotatable bonds is 4. The molecule has 1 aliphatic carbocycles. The fraction of sp³-hybridized carbons (Fsp3) is 0.556. The van der Waals surface area contributed by atoms with Crippen molar-refractivity contribution in [3.8, 4) is 0 Å². The van der Waals surface area contributed by atoms with Gasteiger partial charge in [-0.15, -0.1) is 0 Å². The first-order valence-electron chi connectivity index (χ1n) is 7.79. The number of hydrogen-bond donors (Lipinski definition) is 2. The normalized spacial score (nSPS) is 28.1. The van der Waals surface area contributed by atoms with E-state index >= 15 is 0 Å². The van der Waals surface area contributed by atoms with E-state index in [0.717, 1.165) is 5.56 Å². The molecular weight excluding hydrogens is 278 g/mol. The summed E-state index contributed by atoms with van der Waals surface area (Å²) in [7, 11) is 0. The standard InChI is InChI=1S/C18H25NO3/c1-12(13-8-6-5-7-9-13)19-15(20)14-10-11-18(4,16(21)22)17(14,2)3/h5-9,12,14H,10-11H2,1-4H3,(H,19,20)(H,21,22)/t12-,14+,18-/m1/s1. The van der Waals surface area contributed by atoms with Crippen molar-refractivity contribution < 1.29 is 14.7 Å². The highest BCUT2D eigenvalue weighted by Gasteiger charge is 2.58. The van der Waals surface area contributed by atoms with Crippen molar-refractivity contribution in [1.29, 1.82) is 0 Å². The second kappa shape index (κ2) is 5.75. The first-order valence-corrected chi connectivity index (χ1v) is 7.79. The van der Waals surface area contributed by atoms with Crippen LogP contribution in [-0.2, 0) is 9.59 Å². The van der Waals surface area contributed by atoms with E-state index in [1.54, 1.807) is 6.92 Å². The lowest BCUT2D eigenvalue weighted by molar-refractivity contribution is -0.155. The molecule has 1 fully saturated rings. The van der Waals surface area contributed by atoms with Gasteiger partial charge in [-0.05, 0) is 37.7 Å². The van der Waals surface area contributed by atoms with Crippen LogP contribution in [0.25, 0.3) is 0 Å². The summed E-state index contributed by atoms with van der Waals surface area (Å²) in [5, 5.41) is 12.6. The number of benzene rings is 1. The van der Waals surface area contributed by atoms with E-state index in [2.05, 4.69) is 5.32 Å². The van der Waals surface area contributed by atoms with Crippen molar-refractivity contribution in [1.82, 2.24) is 5.32 Å². The minimum absolute atomic E-state index is 0.0497. The Hall–Kier alpha value is -1.84. The van der Waals surface area contributed by atoms with E-state index in [9.17, 15) is 14.7 Å². The van der Waals surface area contributed by atoms with Crippen LogP contribution in [0.3, 0.4) is 0 Å². The summed E-state index contributed by atoms with van der Waals surface area (Å²) < 4.78 is 0. The fourth-order valence-corrected chi connectivity index (χ4v) is 3.48. The topological polar surface area (TPSA) is 66.4 Å². The maximum atomic E-state index is 12.7. The molecule has 1 aromatic carbocycles. The highest BCUT2D eigenvalue weighted by Crippen LogP contribution is 2.56. The van der Waals surface area contributed by atoms with Crippen molar-refractivity contribution in [2.45, 2.75) is 46.6 Å². The third kappa shape index (κ3) is 2.62. The van der Waals surface area contributed by atoms with E-state index in [4.69, 9.17) is 0 Å². The molecule has 1 saturated carbocycles. The van der Waals surface area contributed by atoms with Crippen molar-refractivity contribution in [3.63, 3.8) is 0 Å². The molecule has 0 bridgehead atoms. The molecule has 0 spiro atoms. The van der Waals surface area contributed by atoms with Crippen LogP contribution in [0.1, 0.15) is 52.1 Å². The van der Waals surface area contributed by atoms with Gasteiger partial charge in [0.05, 0.1) is 11.5 Å². The molecule has 0 radical (unpaired) electrons. The van der Waals surface area contributed by atoms with Gasteiger partial charge in [0.1, 0.15) is 0 Å². The minimum Gasteiger partial charge on any atom is -0.481 e. The van der Waals surface area contributed by atoms with Gasteiger partial charge in [-0.25, -0.2) is 0 Å². The van der Waals surface area contributed by atoms with Gasteiger partial charge < -0.3 is 10.4 Å². The van der Waals surface area contributed by atoms with Crippen molar-refractivity contribution in [2.24, 2.45) is 16.7 Å². The van der Waals surface area contributed by atoms with Gasteiger partial charge in [0.25, 0.3) is 0 Å².